The SMILES string of the molecule is c1cc2cccc3c4ccc(-c5ccc(-c6ccc7c(c6)C6(c8cc(-c9ccc(-c%10ccc%11c%12cccc%13cccc(c%14cccc%10c%14%11)c%13%12)cc9)ccc8-7)c7cc(-c8ccc(-c9ccc%10c%11cccc%12cccc(c%13cccc9c%13%10)c%12%11)cc8)ccc7-c7ccc(-c8ccc(-c9ccc%10c%11cccc%12cccc(c%13cccc9c%13%10)c%12%11)cc8)cc76)cc5)c5cccc(c(c1)c23)c54. The molecular weight excluding hydrogens is 1550 g/mol. The monoisotopic (exact) mass is 1620 g/mol. The highest BCUT2D eigenvalue weighted by Crippen LogP contribution is 2.65. The lowest BCUT2D eigenvalue weighted by molar-refractivity contribution is 0.795. The fourth-order valence-corrected chi connectivity index (χ4v) is 24.9. The first-order valence-corrected chi connectivity index (χ1v) is 45.3. The van der Waals surface area contributed by atoms with E-state index in [9.17, 15) is 0 Å². The lowest BCUT2D eigenvalue weighted by Gasteiger charge is -2.32. The van der Waals surface area contributed by atoms with E-state index in [2.05, 4.69) is 437 Å². The summed E-state index contributed by atoms with van der Waals surface area (Å²) in [6.07, 6.45) is 0. The van der Waals surface area contributed by atoms with E-state index < -0.39 is 5.41 Å². The number of rotatable bonds is 8. The molecule has 0 atom stereocenters. The maximum Gasteiger partial charge on any atom is 0.0726 e. The Kier molecular flexibility index (Phi) is 13.9. The molecule has 0 bridgehead atoms. The van der Waals surface area contributed by atoms with Crippen molar-refractivity contribution in [3.05, 3.63) is 459 Å². The van der Waals surface area contributed by atoms with Crippen LogP contribution in [0.2, 0.25) is 0 Å². The standard InChI is InChI=1S/C129H72/c1-13-81-17-5-25-105-113-65-61-89(97-29-9-33-109(125(97)113)101(21-1)121(81)105)77-45-37-73(38-46-77)85-53-57-93-94-58-54-86(74-39-47-78(48-40-74)90-62-66-114-106-26-6-18-82-14-2-22-102(122(82)106)110-34-10-30-98(90)126(110)114)70-118(94)129(117(93)69-85)119-71-87(75-41-49-79(50-42-75)91-63-67-115-107-27-7-19-83-15-3-23-103(123(83)107)111-35-11-31-99(91)127(111)115)55-59-95(119)96-60-56-88(72-120(96)129)76-43-51-80(52-44-76)92-64-68-116-108-28-8-20-84-16-4-24-104(124(84)108)112-36-12-32-100(92)128(112)116/h1-72H. The van der Waals surface area contributed by atoms with Gasteiger partial charge >= 0.3 is 0 Å². The molecule has 0 aliphatic heterocycles. The van der Waals surface area contributed by atoms with Gasteiger partial charge < -0.3 is 0 Å². The van der Waals surface area contributed by atoms with Crippen LogP contribution in [0, 0.1) is 0 Å². The van der Waals surface area contributed by atoms with E-state index >= 15 is 0 Å². The molecule has 2 aliphatic rings. The van der Waals surface area contributed by atoms with Crippen LogP contribution in [0.1, 0.15) is 22.3 Å². The molecule has 0 saturated carbocycles. The Morgan fingerprint density at radius 3 is 0.450 bits per heavy atom. The predicted molar refractivity (Wildman–Crippen MR) is 551 cm³/mol. The zero-order valence-electron chi connectivity index (χ0n) is 70.1. The molecule has 0 amide bonds. The number of hydrogen-bond acceptors (Lipinski definition) is 0. The van der Waals surface area contributed by atoms with Crippen molar-refractivity contribution in [3.63, 3.8) is 0 Å². The quantitative estimate of drug-likeness (QED) is 0.105. The minimum atomic E-state index is -0.787. The zero-order valence-corrected chi connectivity index (χ0v) is 70.1. The smallest absolute Gasteiger partial charge is 0.0610 e. The van der Waals surface area contributed by atoms with E-state index in [1.165, 1.54) is 306 Å². The zero-order chi connectivity index (χ0) is 83.7. The molecule has 0 fully saturated rings. The van der Waals surface area contributed by atoms with Gasteiger partial charge in [0, 0.05) is 0 Å². The highest BCUT2D eigenvalue weighted by Gasteiger charge is 2.52. The molecule has 129 heavy (non-hydrogen) atoms. The van der Waals surface area contributed by atoms with Gasteiger partial charge in [-0.05, 0) is 330 Å². The third-order valence-electron chi connectivity index (χ3n) is 30.5. The first kappa shape index (κ1) is 69.7. The number of benzene rings is 28. The fourth-order valence-electron chi connectivity index (χ4n) is 24.9. The Bertz CT molecular complexity index is 8440. The molecule has 0 heteroatoms. The maximum absolute atomic E-state index is 2.58. The largest absolute Gasteiger partial charge is 0.0726 e. The third kappa shape index (κ3) is 9.45. The van der Waals surface area contributed by atoms with Gasteiger partial charge in [0.25, 0.3) is 0 Å². The van der Waals surface area contributed by atoms with E-state index in [-0.39, 0.29) is 0 Å². The fraction of sp³-hybridized carbons (Fsp3) is 0.00775. The summed E-state index contributed by atoms with van der Waals surface area (Å²) in [5, 5.41) is 41.7. The topological polar surface area (TPSA) is 0 Å². The highest BCUT2D eigenvalue weighted by atomic mass is 14.5. The van der Waals surface area contributed by atoms with Gasteiger partial charge in [-0.2, -0.15) is 0 Å². The summed E-state index contributed by atoms with van der Waals surface area (Å²) in [6.45, 7) is 0. The van der Waals surface area contributed by atoms with Crippen molar-refractivity contribution in [2.24, 2.45) is 0 Å². The molecule has 0 unspecified atom stereocenters. The van der Waals surface area contributed by atoms with Gasteiger partial charge in [0.05, 0.1) is 5.41 Å². The molecule has 0 N–H and O–H groups in total. The lowest BCUT2D eigenvalue weighted by atomic mass is 9.69. The van der Waals surface area contributed by atoms with Crippen LogP contribution < -0.4 is 0 Å². The van der Waals surface area contributed by atoms with Crippen LogP contribution in [0.3, 0.4) is 0 Å². The van der Waals surface area contributed by atoms with Gasteiger partial charge in [-0.3, -0.25) is 0 Å². The van der Waals surface area contributed by atoms with Crippen LogP contribution in [-0.2, 0) is 5.41 Å². The number of hydrogen-bond donors (Lipinski definition) is 0. The summed E-state index contributed by atoms with van der Waals surface area (Å²) in [5.41, 5.74) is 28.5. The summed E-state index contributed by atoms with van der Waals surface area (Å²) in [5.74, 6) is 0. The molecule has 0 nitrogen and oxygen atoms in total. The van der Waals surface area contributed by atoms with Crippen molar-refractivity contribution in [1.82, 2.24) is 0 Å². The van der Waals surface area contributed by atoms with E-state index in [1.807, 2.05) is 0 Å². The molecule has 28 aromatic rings. The average Bonchev–Trinajstić information content (AvgIpc) is 1.50. The van der Waals surface area contributed by atoms with Crippen molar-refractivity contribution >= 4 is 172 Å². The molecule has 1 spiro atoms. The van der Waals surface area contributed by atoms with Crippen LogP contribution in [0.5, 0.6) is 0 Å². The Morgan fingerprint density at radius 1 is 0.101 bits per heavy atom. The van der Waals surface area contributed by atoms with Crippen LogP contribution in [0.4, 0.5) is 0 Å². The van der Waals surface area contributed by atoms with E-state index in [0.29, 0.717) is 0 Å². The van der Waals surface area contributed by atoms with Gasteiger partial charge in [0.2, 0.25) is 0 Å². The Morgan fingerprint density at radius 2 is 0.248 bits per heavy atom. The van der Waals surface area contributed by atoms with Crippen molar-refractivity contribution in [1.29, 1.82) is 0 Å². The van der Waals surface area contributed by atoms with Gasteiger partial charge in [-0.25, -0.2) is 0 Å². The minimum absolute atomic E-state index is 0.787. The number of fused-ring (bicyclic) bond motifs is 18. The first-order chi connectivity index (χ1) is 63.9. The Balaban J connectivity index is 0.601. The molecule has 30 rings (SSSR count). The van der Waals surface area contributed by atoms with E-state index in [4.69, 9.17) is 0 Å². The van der Waals surface area contributed by atoms with E-state index in [0.717, 1.165) is 0 Å². The second-order valence-electron chi connectivity index (χ2n) is 36.5. The van der Waals surface area contributed by atoms with Crippen molar-refractivity contribution in [2.75, 3.05) is 0 Å². The first-order valence-electron chi connectivity index (χ1n) is 45.3. The second-order valence-corrected chi connectivity index (χ2v) is 36.5. The second kappa shape index (κ2) is 25.8. The molecule has 0 heterocycles. The van der Waals surface area contributed by atoms with Crippen molar-refractivity contribution in [2.45, 2.75) is 5.41 Å². The lowest BCUT2D eigenvalue weighted by Crippen LogP contribution is -2.26. The Hall–Kier alpha value is -16.6. The van der Waals surface area contributed by atoms with Gasteiger partial charge in [-0.1, -0.05) is 413 Å². The molecule has 0 saturated heterocycles. The minimum Gasteiger partial charge on any atom is -0.0610 e. The average molecular weight is 1620 g/mol. The molecule has 2 aliphatic carbocycles. The van der Waals surface area contributed by atoms with Crippen LogP contribution >= 0.6 is 0 Å². The van der Waals surface area contributed by atoms with Gasteiger partial charge in [-0.15, -0.1) is 0 Å². The molecule has 588 valence electrons. The summed E-state index contributed by atoms with van der Waals surface area (Å²) in [6, 6.07) is 168. The summed E-state index contributed by atoms with van der Waals surface area (Å²) < 4.78 is 0. The summed E-state index contributed by atoms with van der Waals surface area (Å²) in [4.78, 5) is 0. The predicted octanol–water partition coefficient (Wildman–Crippen LogP) is 35.6. The summed E-state index contributed by atoms with van der Waals surface area (Å²) in [7, 11) is 0. The molecular formula is C129H72. The molecule has 28 aromatic carbocycles. The third-order valence-corrected chi connectivity index (χ3v) is 30.5. The van der Waals surface area contributed by atoms with Crippen LogP contribution in [0.25, 0.3) is 284 Å². The molecule has 0 radical (unpaired) electrons. The summed E-state index contributed by atoms with van der Waals surface area (Å²) >= 11 is 0. The van der Waals surface area contributed by atoms with Crippen LogP contribution in [0.15, 0.2) is 437 Å². The van der Waals surface area contributed by atoms with Gasteiger partial charge in [0.15, 0.2) is 0 Å². The molecule has 0 aromatic heterocycles. The highest BCUT2D eigenvalue weighted by molar-refractivity contribution is 6.39. The Labute approximate surface area is 742 Å². The van der Waals surface area contributed by atoms with Crippen molar-refractivity contribution in [3.8, 4) is 111 Å². The normalized spacial score (nSPS) is 13.0. The van der Waals surface area contributed by atoms with E-state index in [1.54, 1.807) is 0 Å². The van der Waals surface area contributed by atoms with Gasteiger partial charge in [0.1, 0.15) is 0 Å². The van der Waals surface area contributed by atoms with Crippen LogP contribution in [-0.4, -0.2) is 0 Å². The maximum atomic E-state index is 2.58. The van der Waals surface area contributed by atoms with Crippen molar-refractivity contribution < 1.29 is 0 Å².